The molecule has 0 amide bonds. The molecule has 0 atom stereocenters. The lowest BCUT2D eigenvalue weighted by atomic mass is 9.99. The van der Waals surface area contributed by atoms with Gasteiger partial charge in [0.15, 0.2) is 0 Å². The maximum Gasteiger partial charge on any atom is 0.0562 e. The van der Waals surface area contributed by atoms with Crippen LogP contribution in [0.15, 0.2) is 200 Å². The fraction of sp³-hybridized carbons (Fsp3) is 0. The van der Waals surface area contributed by atoms with E-state index in [4.69, 9.17) is 0 Å². The Balaban J connectivity index is 1.07. The largest absolute Gasteiger partial charge is 0.309 e. The third-order valence-corrected chi connectivity index (χ3v) is 11.6. The summed E-state index contributed by atoms with van der Waals surface area (Å²) in [5.74, 6) is 0. The molecule has 256 valence electrons. The van der Waals surface area contributed by atoms with Crippen molar-refractivity contribution in [3.63, 3.8) is 0 Å². The van der Waals surface area contributed by atoms with Gasteiger partial charge in [-0.3, -0.25) is 0 Å². The van der Waals surface area contributed by atoms with Crippen LogP contribution in [0, 0.1) is 0 Å². The molecule has 0 fully saturated rings. The van der Waals surface area contributed by atoms with Gasteiger partial charge in [0.05, 0.1) is 33.1 Å². The number of fused-ring (bicyclic) bond motifs is 10. The van der Waals surface area contributed by atoms with Gasteiger partial charge in [-0.25, -0.2) is 0 Å². The van der Waals surface area contributed by atoms with Gasteiger partial charge >= 0.3 is 0 Å². The molecular formula is C52H33N3. The van der Waals surface area contributed by atoms with Crippen molar-refractivity contribution in [2.75, 3.05) is 0 Å². The molecule has 0 saturated heterocycles. The van der Waals surface area contributed by atoms with Crippen molar-refractivity contribution >= 4 is 76.2 Å². The molecule has 12 rings (SSSR count). The number of benzene rings is 9. The van der Waals surface area contributed by atoms with Crippen molar-refractivity contribution in [2.24, 2.45) is 0 Å². The summed E-state index contributed by atoms with van der Waals surface area (Å²) in [6.45, 7) is 0. The minimum atomic E-state index is 1.14. The van der Waals surface area contributed by atoms with E-state index in [9.17, 15) is 0 Å². The molecule has 0 aliphatic heterocycles. The molecular weight excluding hydrogens is 667 g/mol. The lowest BCUT2D eigenvalue weighted by Crippen LogP contribution is -1.96. The highest BCUT2D eigenvalue weighted by molar-refractivity contribution is 6.19. The zero-order valence-corrected chi connectivity index (χ0v) is 29.9. The van der Waals surface area contributed by atoms with Crippen molar-refractivity contribution in [2.45, 2.75) is 0 Å². The van der Waals surface area contributed by atoms with Crippen LogP contribution in [0.1, 0.15) is 0 Å². The SMILES string of the molecule is c1ccc(-n2c3ccccc3c3c(-c4ccc(-n5c6ccccc6c6cc7c8ccccc8n(-c8ccc9ccccc9c8)c7cc65)cc4)cccc32)cc1. The van der Waals surface area contributed by atoms with Gasteiger partial charge in [-0.05, 0) is 94.7 Å². The zero-order valence-electron chi connectivity index (χ0n) is 29.9. The smallest absolute Gasteiger partial charge is 0.0562 e. The van der Waals surface area contributed by atoms with Crippen molar-refractivity contribution in [3.8, 4) is 28.2 Å². The van der Waals surface area contributed by atoms with E-state index < -0.39 is 0 Å². The fourth-order valence-electron chi connectivity index (χ4n) is 9.21. The monoisotopic (exact) mass is 699 g/mol. The molecule has 0 spiro atoms. The van der Waals surface area contributed by atoms with Crippen LogP contribution in [0.3, 0.4) is 0 Å². The molecule has 0 unspecified atom stereocenters. The normalized spacial score (nSPS) is 12.0. The van der Waals surface area contributed by atoms with Gasteiger partial charge in [-0.15, -0.1) is 0 Å². The Morgan fingerprint density at radius 1 is 0.255 bits per heavy atom. The summed E-state index contributed by atoms with van der Waals surface area (Å²) in [7, 11) is 0. The van der Waals surface area contributed by atoms with Crippen molar-refractivity contribution < 1.29 is 0 Å². The number of rotatable bonds is 4. The summed E-state index contributed by atoms with van der Waals surface area (Å²) < 4.78 is 7.27. The first-order valence-electron chi connectivity index (χ1n) is 18.9. The molecule has 12 aromatic rings. The zero-order chi connectivity index (χ0) is 36.0. The molecule has 0 aliphatic carbocycles. The minimum Gasteiger partial charge on any atom is -0.309 e. The fourth-order valence-corrected chi connectivity index (χ4v) is 9.21. The van der Waals surface area contributed by atoms with Gasteiger partial charge in [0.25, 0.3) is 0 Å². The number of para-hydroxylation sites is 4. The van der Waals surface area contributed by atoms with E-state index >= 15 is 0 Å². The van der Waals surface area contributed by atoms with Crippen molar-refractivity contribution in [1.82, 2.24) is 13.7 Å². The third-order valence-electron chi connectivity index (χ3n) is 11.6. The summed E-state index contributed by atoms with van der Waals surface area (Å²) in [5.41, 5.74) is 13.1. The molecule has 0 saturated carbocycles. The first-order valence-corrected chi connectivity index (χ1v) is 18.9. The van der Waals surface area contributed by atoms with Gasteiger partial charge in [0.2, 0.25) is 0 Å². The lowest BCUT2D eigenvalue weighted by molar-refractivity contribution is 1.17. The van der Waals surface area contributed by atoms with E-state index in [0.717, 1.165) is 5.69 Å². The van der Waals surface area contributed by atoms with Crippen molar-refractivity contribution in [1.29, 1.82) is 0 Å². The quantitative estimate of drug-likeness (QED) is 0.174. The summed E-state index contributed by atoms with van der Waals surface area (Å²) in [6.07, 6.45) is 0. The Morgan fingerprint density at radius 3 is 1.47 bits per heavy atom. The summed E-state index contributed by atoms with van der Waals surface area (Å²) >= 11 is 0. The molecule has 0 aliphatic rings. The second-order valence-electron chi connectivity index (χ2n) is 14.6. The Kier molecular flexibility index (Phi) is 6.34. The van der Waals surface area contributed by atoms with Crippen LogP contribution < -0.4 is 0 Å². The first-order chi connectivity index (χ1) is 27.3. The predicted molar refractivity (Wildman–Crippen MR) is 232 cm³/mol. The Labute approximate surface area is 317 Å². The molecule has 3 nitrogen and oxygen atoms in total. The van der Waals surface area contributed by atoms with Crippen LogP contribution in [-0.4, -0.2) is 13.7 Å². The van der Waals surface area contributed by atoms with Gasteiger partial charge in [0, 0.05) is 49.4 Å². The van der Waals surface area contributed by atoms with Crippen LogP contribution in [0.25, 0.3) is 104 Å². The highest BCUT2D eigenvalue weighted by atomic mass is 15.0. The van der Waals surface area contributed by atoms with E-state index in [1.807, 2.05) is 0 Å². The minimum absolute atomic E-state index is 1.14. The van der Waals surface area contributed by atoms with Gasteiger partial charge in [-0.1, -0.05) is 127 Å². The molecule has 3 heteroatoms. The summed E-state index contributed by atoms with van der Waals surface area (Å²) in [5, 5.41) is 10.0. The third kappa shape index (κ3) is 4.38. The van der Waals surface area contributed by atoms with Crippen molar-refractivity contribution in [3.05, 3.63) is 200 Å². The standard InChI is InChI=1S/C52H33N3/c1-2-15-37(16-3-1)53-48-23-11-8-19-43(48)52-40(20-12-24-49(52)53)35-26-28-38(29-27-35)54-46-21-9-6-17-41(46)44-32-45-42-18-7-10-22-47(42)55(51(45)33-50(44)54)39-30-25-34-13-4-5-14-36(34)31-39/h1-33H. The predicted octanol–water partition coefficient (Wildman–Crippen LogP) is 13.8. The topological polar surface area (TPSA) is 14.8 Å². The molecule has 0 N–H and O–H groups in total. The second kappa shape index (κ2) is 11.6. The maximum atomic E-state index is 2.44. The van der Waals surface area contributed by atoms with Gasteiger partial charge < -0.3 is 13.7 Å². The maximum absolute atomic E-state index is 2.44. The second-order valence-corrected chi connectivity index (χ2v) is 14.6. The number of aromatic nitrogens is 3. The van der Waals surface area contributed by atoms with Crippen LogP contribution in [0.2, 0.25) is 0 Å². The Morgan fingerprint density at radius 2 is 0.764 bits per heavy atom. The highest BCUT2D eigenvalue weighted by Crippen LogP contribution is 2.42. The van der Waals surface area contributed by atoms with E-state index in [1.54, 1.807) is 0 Å². The molecule has 0 radical (unpaired) electrons. The van der Waals surface area contributed by atoms with Crippen LogP contribution in [0.5, 0.6) is 0 Å². The lowest BCUT2D eigenvalue weighted by Gasteiger charge is -2.12. The number of nitrogens with zero attached hydrogens (tertiary/aromatic N) is 3. The average Bonchev–Trinajstić information content (AvgIpc) is 3.88. The van der Waals surface area contributed by atoms with Crippen LogP contribution in [-0.2, 0) is 0 Å². The van der Waals surface area contributed by atoms with E-state index in [1.165, 1.54) is 98.7 Å². The van der Waals surface area contributed by atoms with Crippen LogP contribution in [0.4, 0.5) is 0 Å². The summed E-state index contributed by atoms with van der Waals surface area (Å²) in [6, 6.07) is 73.2. The number of hydrogen-bond donors (Lipinski definition) is 0. The van der Waals surface area contributed by atoms with Gasteiger partial charge in [0.1, 0.15) is 0 Å². The van der Waals surface area contributed by atoms with Crippen LogP contribution >= 0.6 is 0 Å². The van der Waals surface area contributed by atoms with Gasteiger partial charge in [-0.2, -0.15) is 0 Å². The molecule has 55 heavy (non-hydrogen) atoms. The molecule has 0 bridgehead atoms. The number of hydrogen-bond acceptors (Lipinski definition) is 0. The van der Waals surface area contributed by atoms with E-state index in [2.05, 4.69) is 214 Å². The average molecular weight is 700 g/mol. The van der Waals surface area contributed by atoms with E-state index in [-0.39, 0.29) is 0 Å². The molecule has 3 heterocycles. The Bertz CT molecular complexity index is 3470. The van der Waals surface area contributed by atoms with E-state index in [0.29, 0.717) is 0 Å². The first kappa shape index (κ1) is 30.1. The summed E-state index contributed by atoms with van der Waals surface area (Å²) in [4.78, 5) is 0. The molecule has 3 aromatic heterocycles. The highest BCUT2D eigenvalue weighted by Gasteiger charge is 2.20. The Hall–Kier alpha value is -7.36. The molecule has 9 aromatic carbocycles.